The van der Waals surface area contributed by atoms with Crippen LogP contribution in [0.1, 0.15) is 39.0 Å². The van der Waals surface area contributed by atoms with Crippen LogP contribution >= 0.6 is 0 Å². The van der Waals surface area contributed by atoms with E-state index >= 15 is 0 Å². The second-order valence-electron chi connectivity index (χ2n) is 5.00. The fraction of sp³-hybridized carbons (Fsp3) is 0.600. The summed E-state index contributed by atoms with van der Waals surface area (Å²) in [4.78, 5) is 18.8. The van der Waals surface area contributed by atoms with Crippen LogP contribution in [0.5, 0.6) is 0 Å². The standard InChI is InChI=1S/C8H16O2.C4H6O2.C3H4O2/c9-6-8(7-10)4-2-1-3-5-8;1-3(2)4(5)6;1-2-3(4)5/h9-10H,1-7H2;1H2,2H3,(H,5,6);2H,1H2,(H,4,5). The minimum absolute atomic E-state index is 0.127. The van der Waals surface area contributed by atoms with Gasteiger partial charge in [0.2, 0.25) is 0 Å². The second kappa shape index (κ2) is 12.1. The van der Waals surface area contributed by atoms with Crippen LogP contribution in [0.25, 0.3) is 0 Å². The number of carboxylic acids is 2. The van der Waals surface area contributed by atoms with Gasteiger partial charge in [0.1, 0.15) is 0 Å². The first-order chi connectivity index (χ1) is 9.74. The zero-order chi connectivity index (χ0) is 16.9. The molecule has 6 heteroatoms. The minimum atomic E-state index is -0.981. The molecule has 0 bridgehead atoms. The Bertz CT molecular complexity index is 324. The molecule has 1 aliphatic carbocycles. The first-order valence-electron chi connectivity index (χ1n) is 6.70. The molecule has 0 aromatic heterocycles. The zero-order valence-electron chi connectivity index (χ0n) is 12.5. The number of carbonyl (C=O) groups is 2. The van der Waals surface area contributed by atoms with Gasteiger partial charge in [-0.05, 0) is 19.8 Å². The molecule has 0 aromatic rings. The zero-order valence-corrected chi connectivity index (χ0v) is 12.5. The van der Waals surface area contributed by atoms with E-state index < -0.39 is 11.9 Å². The molecule has 1 rings (SSSR count). The summed E-state index contributed by atoms with van der Waals surface area (Å²) in [6.45, 7) is 7.88. The lowest BCUT2D eigenvalue weighted by Crippen LogP contribution is -2.31. The highest BCUT2D eigenvalue weighted by Crippen LogP contribution is 2.34. The molecular formula is C15H26O6. The summed E-state index contributed by atoms with van der Waals surface area (Å²) in [7, 11) is 0. The molecule has 1 saturated carbocycles. The van der Waals surface area contributed by atoms with Crippen LogP contribution in [0.2, 0.25) is 0 Å². The fourth-order valence-corrected chi connectivity index (χ4v) is 1.67. The molecule has 0 saturated heterocycles. The third-order valence-corrected chi connectivity index (χ3v) is 3.12. The van der Waals surface area contributed by atoms with Gasteiger partial charge in [-0.1, -0.05) is 32.4 Å². The summed E-state index contributed by atoms with van der Waals surface area (Å²) < 4.78 is 0. The largest absolute Gasteiger partial charge is 0.478 e. The molecule has 0 heterocycles. The summed E-state index contributed by atoms with van der Waals surface area (Å²) >= 11 is 0. The van der Waals surface area contributed by atoms with E-state index in [9.17, 15) is 9.59 Å². The van der Waals surface area contributed by atoms with Crippen molar-refractivity contribution in [2.45, 2.75) is 39.0 Å². The van der Waals surface area contributed by atoms with Crippen molar-refractivity contribution in [1.29, 1.82) is 0 Å². The third kappa shape index (κ3) is 11.8. The van der Waals surface area contributed by atoms with E-state index in [2.05, 4.69) is 13.2 Å². The van der Waals surface area contributed by atoms with Crippen molar-refractivity contribution in [3.63, 3.8) is 0 Å². The normalized spacial score (nSPS) is 15.4. The van der Waals surface area contributed by atoms with E-state index in [0.29, 0.717) is 0 Å². The number of aliphatic carboxylic acids is 2. The lowest BCUT2D eigenvalue weighted by molar-refractivity contribution is -0.133. The molecule has 0 aliphatic heterocycles. The first kappa shape index (κ1) is 21.6. The van der Waals surface area contributed by atoms with Crippen molar-refractivity contribution < 1.29 is 30.0 Å². The number of carboxylic acid groups (broad SMARTS) is 2. The maximum atomic E-state index is 9.60. The lowest BCUT2D eigenvalue weighted by Gasteiger charge is -2.33. The van der Waals surface area contributed by atoms with Gasteiger partial charge in [-0.25, -0.2) is 9.59 Å². The Balaban J connectivity index is 0. The van der Waals surface area contributed by atoms with Crippen molar-refractivity contribution >= 4 is 11.9 Å². The van der Waals surface area contributed by atoms with Crippen LogP contribution in [0.4, 0.5) is 0 Å². The van der Waals surface area contributed by atoms with Crippen molar-refractivity contribution in [3.05, 3.63) is 24.8 Å². The Morgan fingerprint density at radius 3 is 1.57 bits per heavy atom. The number of hydrogen-bond donors (Lipinski definition) is 4. The van der Waals surface area contributed by atoms with Crippen LogP contribution in [-0.4, -0.2) is 45.6 Å². The van der Waals surface area contributed by atoms with E-state index in [1.807, 2.05) is 0 Å². The average molecular weight is 302 g/mol. The summed E-state index contributed by atoms with van der Waals surface area (Å²) in [6.07, 6.45) is 6.43. The molecule has 6 nitrogen and oxygen atoms in total. The van der Waals surface area contributed by atoms with Gasteiger partial charge < -0.3 is 20.4 Å². The summed E-state index contributed by atoms with van der Waals surface area (Å²) in [6, 6.07) is 0. The molecule has 1 aliphatic rings. The monoisotopic (exact) mass is 302 g/mol. The number of aliphatic hydroxyl groups is 2. The van der Waals surface area contributed by atoms with Crippen molar-refractivity contribution in [2.24, 2.45) is 5.41 Å². The Morgan fingerprint density at radius 1 is 1.10 bits per heavy atom. The highest BCUT2D eigenvalue weighted by Gasteiger charge is 2.30. The molecule has 0 atom stereocenters. The Hall–Kier alpha value is -1.66. The maximum Gasteiger partial charge on any atom is 0.330 e. The van der Waals surface area contributed by atoms with Crippen molar-refractivity contribution in [1.82, 2.24) is 0 Å². The Kier molecular flexibility index (Phi) is 12.5. The predicted octanol–water partition coefficient (Wildman–Crippen LogP) is 1.83. The maximum absolute atomic E-state index is 9.60. The van der Waals surface area contributed by atoms with E-state index in [-0.39, 0.29) is 24.2 Å². The van der Waals surface area contributed by atoms with Gasteiger partial charge in [0.15, 0.2) is 0 Å². The van der Waals surface area contributed by atoms with Gasteiger partial charge in [-0.3, -0.25) is 0 Å². The fourth-order valence-electron chi connectivity index (χ4n) is 1.67. The van der Waals surface area contributed by atoms with Crippen molar-refractivity contribution in [2.75, 3.05) is 13.2 Å². The molecule has 0 aromatic carbocycles. The van der Waals surface area contributed by atoms with Gasteiger partial charge in [-0.2, -0.15) is 0 Å². The van der Waals surface area contributed by atoms with E-state index in [4.69, 9.17) is 20.4 Å². The third-order valence-electron chi connectivity index (χ3n) is 3.12. The highest BCUT2D eigenvalue weighted by atomic mass is 16.4. The van der Waals surface area contributed by atoms with Crippen LogP contribution in [0.15, 0.2) is 24.8 Å². The second-order valence-corrected chi connectivity index (χ2v) is 5.00. The number of hydrogen-bond acceptors (Lipinski definition) is 4. The van der Waals surface area contributed by atoms with Crippen LogP contribution in [0.3, 0.4) is 0 Å². The van der Waals surface area contributed by atoms with Gasteiger partial charge in [0.05, 0.1) is 13.2 Å². The van der Waals surface area contributed by atoms with Crippen LogP contribution < -0.4 is 0 Å². The SMILES string of the molecule is C=C(C)C(=O)O.C=CC(=O)O.OCC1(CO)CCCCC1. The topological polar surface area (TPSA) is 115 Å². The van der Waals surface area contributed by atoms with Gasteiger partial charge >= 0.3 is 11.9 Å². The molecule has 1 fully saturated rings. The van der Waals surface area contributed by atoms with Crippen LogP contribution in [-0.2, 0) is 9.59 Å². The molecule has 21 heavy (non-hydrogen) atoms. The molecule has 0 amide bonds. The minimum Gasteiger partial charge on any atom is -0.478 e. The molecule has 4 N–H and O–H groups in total. The Morgan fingerprint density at radius 2 is 1.43 bits per heavy atom. The summed E-state index contributed by atoms with van der Waals surface area (Å²) in [5, 5.41) is 33.5. The average Bonchev–Trinajstić information content (AvgIpc) is 2.49. The summed E-state index contributed by atoms with van der Waals surface area (Å²) in [5.41, 5.74) is 0.0492. The first-order valence-corrected chi connectivity index (χ1v) is 6.70. The van der Waals surface area contributed by atoms with E-state index in [1.165, 1.54) is 26.2 Å². The summed E-state index contributed by atoms with van der Waals surface area (Å²) in [5.74, 6) is -1.92. The smallest absolute Gasteiger partial charge is 0.330 e. The molecule has 0 unspecified atom stereocenters. The quantitative estimate of drug-likeness (QED) is 0.589. The molecular weight excluding hydrogens is 276 g/mol. The van der Waals surface area contributed by atoms with Gasteiger partial charge in [0, 0.05) is 17.1 Å². The van der Waals surface area contributed by atoms with Crippen molar-refractivity contribution in [3.8, 4) is 0 Å². The van der Waals surface area contributed by atoms with Gasteiger partial charge in [-0.15, -0.1) is 0 Å². The lowest BCUT2D eigenvalue weighted by atomic mass is 9.75. The number of aliphatic hydroxyl groups excluding tert-OH is 2. The molecule has 0 radical (unpaired) electrons. The van der Waals surface area contributed by atoms with Crippen LogP contribution in [0, 0.1) is 5.41 Å². The highest BCUT2D eigenvalue weighted by molar-refractivity contribution is 5.84. The Labute approximate surface area is 125 Å². The number of rotatable bonds is 4. The molecule has 0 spiro atoms. The van der Waals surface area contributed by atoms with E-state index in [0.717, 1.165) is 18.9 Å². The molecule has 122 valence electrons. The van der Waals surface area contributed by atoms with Gasteiger partial charge in [0.25, 0.3) is 0 Å². The van der Waals surface area contributed by atoms with E-state index in [1.54, 1.807) is 0 Å². The predicted molar refractivity (Wildman–Crippen MR) is 80.0 cm³/mol.